The van der Waals surface area contributed by atoms with Crippen LogP contribution in [0.15, 0.2) is 42.5 Å². The molecule has 2 rings (SSSR count). The molecule has 0 unspecified atom stereocenters. The summed E-state index contributed by atoms with van der Waals surface area (Å²) in [5.41, 5.74) is 7.96. The maximum absolute atomic E-state index is 12.1. The van der Waals surface area contributed by atoms with Crippen LogP contribution >= 0.6 is 0 Å². The third-order valence-electron chi connectivity index (χ3n) is 3.42. The molecule has 0 aromatic heterocycles. The van der Waals surface area contributed by atoms with Crippen LogP contribution in [0.3, 0.4) is 0 Å². The molecule has 0 spiro atoms. The van der Waals surface area contributed by atoms with E-state index in [-0.39, 0.29) is 5.91 Å². The molecule has 2 amide bonds. The number of amides is 2. The summed E-state index contributed by atoms with van der Waals surface area (Å²) in [6, 6.07) is 12.3. The number of aryl methyl sites for hydroxylation is 1. The molecular formula is C18H20N2O3. The first kappa shape index (κ1) is 16.5. The van der Waals surface area contributed by atoms with Crippen molar-refractivity contribution in [2.24, 2.45) is 5.73 Å². The number of nitrogens with two attached hydrogens (primary N) is 1. The van der Waals surface area contributed by atoms with E-state index in [0.717, 1.165) is 11.1 Å². The van der Waals surface area contributed by atoms with Crippen molar-refractivity contribution in [3.8, 4) is 5.75 Å². The van der Waals surface area contributed by atoms with Crippen molar-refractivity contribution in [2.45, 2.75) is 20.5 Å². The predicted octanol–water partition coefficient (Wildman–Crippen LogP) is 2.42. The van der Waals surface area contributed by atoms with Gasteiger partial charge in [0.25, 0.3) is 5.91 Å². The van der Waals surface area contributed by atoms with Crippen LogP contribution in [0.1, 0.15) is 38.8 Å². The predicted molar refractivity (Wildman–Crippen MR) is 88.5 cm³/mol. The monoisotopic (exact) mass is 312 g/mol. The van der Waals surface area contributed by atoms with Crippen molar-refractivity contribution in [1.29, 1.82) is 0 Å². The molecule has 0 fully saturated rings. The second kappa shape index (κ2) is 7.45. The number of ether oxygens (including phenoxy) is 1. The van der Waals surface area contributed by atoms with Crippen molar-refractivity contribution in [1.82, 2.24) is 5.32 Å². The Hall–Kier alpha value is -2.82. The van der Waals surface area contributed by atoms with Crippen LogP contribution in [0.2, 0.25) is 0 Å². The van der Waals surface area contributed by atoms with E-state index in [1.165, 1.54) is 0 Å². The van der Waals surface area contributed by atoms with Crippen LogP contribution in [0.25, 0.3) is 0 Å². The van der Waals surface area contributed by atoms with E-state index in [0.29, 0.717) is 30.0 Å². The molecule has 0 bridgehead atoms. The fraction of sp³-hybridized carbons (Fsp3) is 0.222. The van der Waals surface area contributed by atoms with E-state index in [1.807, 2.05) is 26.0 Å². The van der Waals surface area contributed by atoms with E-state index >= 15 is 0 Å². The molecule has 0 aliphatic rings. The van der Waals surface area contributed by atoms with Gasteiger partial charge in [0.05, 0.1) is 5.56 Å². The van der Waals surface area contributed by atoms with Crippen molar-refractivity contribution < 1.29 is 14.3 Å². The zero-order valence-electron chi connectivity index (χ0n) is 13.3. The van der Waals surface area contributed by atoms with Gasteiger partial charge in [-0.3, -0.25) is 9.59 Å². The molecule has 0 heterocycles. The SMILES string of the molecule is CCNC(=O)c1cccc(C)c1OCc1ccc(C(N)=O)cc1. The summed E-state index contributed by atoms with van der Waals surface area (Å²) < 4.78 is 5.84. The lowest BCUT2D eigenvalue weighted by molar-refractivity contribution is 0.0949. The third kappa shape index (κ3) is 4.10. The first-order chi connectivity index (χ1) is 11.0. The van der Waals surface area contributed by atoms with Gasteiger partial charge in [0, 0.05) is 12.1 Å². The van der Waals surface area contributed by atoms with Crippen molar-refractivity contribution in [3.05, 3.63) is 64.7 Å². The minimum Gasteiger partial charge on any atom is -0.488 e. The quantitative estimate of drug-likeness (QED) is 0.859. The topological polar surface area (TPSA) is 81.4 Å². The molecule has 5 nitrogen and oxygen atoms in total. The number of rotatable bonds is 6. The lowest BCUT2D eigenvalue weighted by Gasteiger charge is -2.14. The van der Waals surface area contributed by atoms with Gasteiger partial charge in [0.1, 0.15) is 12.4 Å². The number of hydrogen-bond donors (Lipinski definition) is 2. The lowest BCUT2D eigenvalue weighted by Crippen LogP contribution is -2.23. The van der Waals surface area contributed by atoms with Gasteiger partial charge in [-0.2, -0.15) is 0 Å². The first-order valence-corrected chi connectivity index (χ1v) is 7.42. The molecule has 120 valence electrons. The maximum atomic E-state index is 12.1. The Kier molecular flexibility index (Phi) is 5.36. The zero-order chi connectivity index (χ0) is 16.8. The third-order valence-corrected chi connectivity index (χ3v) is 3.42. The summed E-state index contributed by atoms with van der Waals surface area (Å²) in [5, 5.41) is 2.78. The highest BCUT2D eigenvalue weighted by molar-refractivity contribution is 5.97. The number of carbonyl (C=O) groups excluding carboxylic acids is 2. The van der Waals surface area contributed by atoms with Crippen molar-refractivity contribution >= 4 is 11.8 Å². The van der Waals surface area contributed by atoms with Crippen LogP contribution in [0, 0.1) is 6.92 Å². The van der Waals surface area contributed by atoms with Crippen LogP contribution in [-0.4, -0.2) is 18.4 Å². The van der Waals surface area contributed by atoms with E-state index in [2.05, 4.69) is 5.32 Å². The van der Waals surface area contributed by atoms with Gasteiger partial charge in [0.2, 0.25) is 5.91 Å². The number of primary amides is 1. The van der Waals surface area contributed by atoms with Gasteiger partial charge in [-0.1, -0.05) is 24.3 Å². The Morgan fingerprint density at radius 2 is 1.83 bits per heavy atom. The molecule has 0 aliphatic heterocycles. The number of benzene rings is 2. The fourth-order valence-electron chi connectivity index (χ4n) is 2.20. The molecular weight excluding hydrogens is 292 g/mol. The van der Waals surface area contributed by atoms with Gasteiger partial charge < -0.3 is 15.8 Å². The fourth-order valence-corrected chi connectivity index (χ4v) is 2.20. The minimum absolute atomic E-state index is 0.157. The summed E-state index contributed by atoms with van der Waals surface area (Å²) in [6.45, 7) is 4.62. The van der Waals surface area contributed by atoms with Crippen LogP contribution in [0.5, 0.6) is 5.75 Å². The van der Waals surface area contributed by atoms with Gasteiger partial charge >= 0.3 is 0 Å². The average Bonchev–Trinajstić information content (AvgIpc) is 2.54. The highest BCUT2D eigenvalue weighted by Gasteiger charge is 2.14. The number of hydrogen-bond acceptors (Lipinski definition) is 3. The smallest absolute Gasteiger partial charge is 0.255 e. The summed E-state index contributed by atoms with van der Waals surface area (Å²) in [5.74, 6) is -0.0531. The van der Waals surface area contributed by atoms with Crippen molar-refractivity contribution in [2.75, 3.05) is 6.54 Å². The molecule has 23 heavy (non-hydrogen) atoms. The first-order valence-electron chi connectivity index (χ1n) is 7.42. The van der Waals surface area contributed by atoms with E-state index in [9.17, 15) is 9.59 Å². The van der Waals surface area contributed by atoms with E-state index in [1.54, 1.807) is 30.3 Å². The normalized spacial score (nSPS) is 10.2. The molecule has 0 saturated heterocycles. The molecule has 2 aromatic rings. The summed E-state index contributed by atoms with van der Waals surface area (Å²) in [4.78, 5) is 23.2. The van der Waals surface area contributed by atoms with Gasteiger partial charge in [-0.25, -0.2) is 0 Å². The lowest BCUT2D eigenvalue weighted by atomic mass is 10.1. The molecule has 3 N–H and O–H groups in total. The molecule has 5 heteroatoms. The van der Waals surface area contributed by atoms with Crippen LogP contribution in [0.4, 0.5) is 0 Å². The summed E-state index contributed by atoms with van der Waals surface area (Å²) in [7, 11) is 0. The summed E-state index contributed by atoms with van der Waals surface area (Å²) in [6.07, 6.45) is 0. The molecule has 0 saturated carbocycles. The molecule has 0 atom stereocenters. The second-order valence-electron chi connectivity index (χ2n) is 5.16. The minimum atomic E-state index is -0.463. The van der Waals surface area contributed by atoms with Crippen LogP contribution in [-0.2, 0) is 6.61 Å². The highest BCUT2D eigenvalue weighted by atomic mass is 16.5. The van der Waals surface area contributed by atoms with E-state index in [4.69, 9.17) is 10.5 Å². The number of para-hydroxylation sites is 1. The summed E-state index contributed by atoms with van der Waals surface area (Å²) >= 11 is 0. The van der Waals surface area contributed by atoms with Gasteiger partial charge in [0.15, 0.2) is 0 Å². The standard InChI is InChI=1S/C18H20N2O3/c1-3-20-18(22)15-6-4-5-12(2)16(15)23-11-13-7-9-14(10-8-13)17(19)21/h4-10H,3,11H2,1-2H3,(H2,19,21)(H,20,22). The maximum Gasteiger partial charge on any atom is 0.255 e. The van der Waals surface area contributed by atoms with E-state index < -0.39 is 5.91 Å². The Morgan fingerprint density at radius 1 is 1.13 bits per heavy atom. The molecule has 0 radical (unpaired) electrons. The highest BCUT2D eigenvalue weighted by Crippen LogP contribution is 2.24. The van der Waals surface area contributed by atoms with Crippen molar-refractivity contribution in [3.63, 3.8) is 0 Å². The average molecular weight is 312 g/mol. The number of carbonyl (C=O) groups is 2. The molecule has 2 aromatic carbocycles. The van der Waals surface area contributed by atoms with Gasteiger partial charge in [-0.15, -0.1) is 0 Å². The number of nitrogens with one attached hydrogen (secondary N) is 1. The van der Waals surface area contributed by atoms with Crippen LogP contribution < -0.4 is 15.8 Å². The second-order valence-corrected chi connectivity index (χ2v) is 5.16. The van der Waals surface area contributed by atoms with Gasteiger partial charge in [-0.05, 0) is 43.2 Å². The Morgan fingerprint density at radius 3 is 2.43 bits per heavy atom. The Bertz CT molecular complexity index is 709. The Labute approximate surface area is 135 Å². The largest absolute Gasteiger partial charge is 0.488 e. The molecule has 0 aliphatic carbocycles. The Balaban J connectivity index is 2.16. The zero-order valence-corrected chi connectivity index (χ0v) is 13.3.